The summed E-state index contributed by atoms with van der Waals surface area (Å²) in [4.78, 5) is 19.5. The molecule has 20 heavy (non-hydrogen) atoms. The molecule has 0 aliphatic rings. The first kappa shape index (κ1) is 22.2. The van der Waals surface area contributed by atoms with Crippen molar-refractivity contribution in [2.75, 3.05) is 0 Å². The number of carboxylic acid groups (broad SMARTS) is 2. The third kappa shape index (κ3) is 17.4. The number of carboxylic acids is 2. The molecule has 0 radical (unpaired) electrons. The van der Waals surface area contributed by atoms with Crippen LogP contribution in [0, 0.1) is 11.1 Å². The number of hydrogen-bond donors (Lipinski definition) is 8. The molecule has 0 spiro atoms. The Morgan fingerprint density at radius 1 is 0.900 bits per heavy atom. The number of nitrogens with zero attached hydrogens (tertiary/aromatic N) is 4. The second-order valence-corrected chi connectivity index (χ2v) is 2.35. The van der Waals surface area contributed by atoms with Crippen molar-refractivity contribution in [2.45, 2.75) is 12.2 Å². The van der Waals surface area contributed by atoms with E-state index in [9.17, 15) is 9.59 Å². The molecular formula is C6H14N8O6. The number of hydrazone groups is 2. The molecule has 0 aliphatic carbocycles. The number of carbonyl (C=O) groups is 2. The predicted octanol–water partition coefficient (Wildman–Crippen LogP) is -2.28. The quantitative estimate of drug-likeness (QED) is 0.0896. The molecule has 0 amide bonds. The van der Waals surface area contributed by atoms with Crippen molar-refractivity contribution in [3.63, 3.8) is 0 Å². The lowest BCUT2D eigenvalue weighted by Gasteiger charge is -2.07. The van der Waals surface area contributed by atoms with E-state index < -0.39 is 24.1 Å². The molecule has 0 aromatic heterocycles. The highest BCUT2D eigenvalue weighted by Crippen LogP contribution is 1.92. The molecule has 0 aromatic carbocycles. The van der Waals surface area contributed by atoms with Gasteiger partial charge in [0, 0.05) is 0 Å². The first-order valence-electron chi connectivity index (χ1n) is 4.28. The van der Waals surface area contributed by atoms with Gasteiger partial charge in [0.1, 0.15) is 0 Å². The first-order valence-corrected chi connectivity index (χ1v) is 4.28. The average Bonchev–Trinajstić information content (AvgIpc) is 2.40. The Morgan fingerprint density at radius 2 is 1.15 bits per heavy atom. The van der Waals surface area contributed by atoms with Gasteiger partial charge < -0.3 is 32.1 Å². The lowest BCUT2D eigenvalue weighted by atomic mass is 10.2. The number of rotatable bonds is 5. The van der Waals surface area contributed by atoms with Gasteiger partial charge in [0.15, 0.2) is 24.9 Å². The zero-order chi connectivity index (χ0) is 16.6. The van der Waals surface area contributed by atoms with E-state index in [2.05, 4.69) is 32.1 Å². The van der Waals surface area contributed by atoms with Gasteiger partial charge in [0.25, 0.3) is 0 Å². The van der Waals surface area contributed by atoms with Gasteiger partial charge in [0.05, 0.1) is 0 Å². The van der Waals surface area contributed by atoms with Crippen LogP contribution in [-0.2, 0) is 9.59 Å². The molecule has 0 saturated carbocycles. The molecule has 114 valence electrons. The first-order chi connectivity index (χ1) is 9.29. The van der Waals surface area contributed by atoms with E-state index in [-0.39, 0.29) is 0 Å². The molecule has 0 saturated heterocycles. The maximum absolute atomic E-state index is 9.77. The van der Waals surface area contributed by atoms with Crippen molar-refractivity contribution >= 4 is 24.6 Å². The van der Waals surface area contributed by atoms with E-state index in [1.165, 1.54) is 0 Å². The van der Waals surface area contributed by atoms with Crippen LogP contribution < -0.4 is 11.7 Å². The van der Waals surface area contributed by atoms with Crippen LogP contribution >= 0.6 is 0 Å². The van der Waals surface area contributed by atoms with Crippen LogP contribution in [0.2, 0.25) is 0 Å². The van der Waals surface area contributed by atoms with Crippen molar-refractivity contribution in [1.29, 1.82) is 11.1 Å². The minimum atomic E-state index is -2.27. The zero-order valence-electron chi connectivity index (χ0n) is 9.86. The highest BCUT2D eigenvalue weighted by atomic mass is 16.4. The Labute approximate surface area is 111 Å². The van der Waals surface area contributed by atoms with Crippen LogP contribution in [0.5, 0.6) is 0 Å². The topological polar surface area (TPSA) is 264 Å². The van der Waals surface area contributed by atoms with Gasteiger partial charge >= 0.3 is 11.9 Å². The van der Waals surface area contributed by atoms with Crippen molar-refractivity contribution in [2.24, 2.45) is 32.1 Å². The summed E-state index contributed by atoms with van der Waals surface area (Å²) in [5, 5.41) is 43.7. The number of hydrogen-bond acceptors (Lipinski definition) is 10. The third-order valence-corrected chi connectivity index (χ3v) is 1.05. The molecular weight excluding hydrogens is 280 g/mol. The Hall–Kier alpha value is -3.00. The molecule has 0 bridgehead atoms. The maximum atomic E-state index is 9.77. The minimum absolute atomic E-state index is 0.944. The molecule has 0 rings (SSSR count). The van der Waals surface area contributed by atoms with Crippen molar-refractivity contribution < 1.29 is 30.0 Å². The summed E-state index contributed by atoms with van der Waals surface area (Å²) in [6.07, 6.45) is -2.64. The molecule has 2 atom stereocenters. The third-order valence-electron chi connectivity index (χ3n) is 1.05. The SMILES string of the molecule is N=NC=NN.N=NC=NN.O=C(O)C(O)C(O)C(=O)O. The number of aliphatic carboxylic acids is 2. The summed E-state index contributed by atoms with van der Waals surface area (Å²) in [5.74, 6) is 5.45. The second kappa shape index (κ2) is 16.0. The molecule has 0 fully saturated rings. The standard InChI is InChI=1S/C4H6O6.2CH4N4/c5-1(3(7)8)2(6)4(9)10;2*2-4-1-5-3/h1-2,5-6H,(H,7,8)(H,9,10);2*1-2H,3H2. The van der Waals surface area contributed by atoms with Gasteiger partial charge in [-0.1, -0.05) is 0 Å². The number of nitrogens with one attached hydrogen (secondary N) is 2. The summed E-state index contributed by atoms with van der Waals surface area (Å²) >= 11 is 0. The molecule has 14 nitrogen and oxygen atoms in total. The highest BCUT2D eigenvalue weighted by Gasteiger charge is 2.29. The largest absolute Gasteiger partial charge is 0.479 e. The molecule has 14 heteroatoms. The van der Waals surface area contributed by atoms with E-state index in [4.69, 9.17) is 31.5 Å². The fraction of sp³-hybridized carbons (Fsp3) is 0.333. The fourth-order valence-corrected chi connectivity index (χ4v) is 0.337. The summed E-state index contributed by atoms with van der Waals surface area (Å²) in [7, 11) is 0. The Balaban J connectivity index is -0.000000244. The maximum Gasteiger partial charge on any atom is 0.335 e. The Kier molecular flexibility index (Phi) is 17.8. The fourth-order valence-electron chi connectivity index (χ4n) is 0.337. The molecule has 0 heterocycles. The average molecular weight is 294 g/mol. The Morgan fingerprint density at radius 3 is 1.20 bits per heavy atom. The van der Waals surface area contributed by atoms with E-state index in [1.807, 2.05) is 0 Å². The summed E-state index contributed by atoms with van der Waals surface area (Å²) in [6.45, 7) is 0. The summed E-state index contributed by atoms with van der Waals surface area (Å²) in [6, 6.07) is 0. The van der Waals surface area contributed by atoms with Gasteiger partial charge in [-0.2, -0.15) is 10.2 Å². The van der Waals surface area contributed by atoms with Gasteiger partial charge in [-0.15, -0.1) is 10.2 Å². The van der Waals surface area contributed by atoms with Gasteiger partial charge in [-0.25, -0.2) is 20.7 Å². The highest BCUT2D eigenvalue weighted by molar-refractivity contribution is 5.83. The smallest absolute Gasteiger partial charge is 0.335 e. The number of aliphatic hydroxyl groups is 2. The van der Waals surface area contributed by atoms with E-state index in [0.29, 0.717) is 0 Å². The normalized spacial score (nSPS) is 12.3. The Bertz CT molecular complexity index is 323. The molecule has 2 unspecified atom stereocenters. The van der Waals surface area contributed by atoms with Crippen LogP contribution in [0.25, 0.3) is 0 Å². The predicted molar refractivity (Wildman–Crippen MR) is 62.9 cm³/mol. The van der Waals surface area contributed by atoms with Crippen LogP contribution in [0.4, 0.5) is 0 Å². The van der Waals surface area contributed by atoms with Crippen molar-refractivity contribution in [3.8, 4) is 0 Å². The van der Waals surface area contributed by atoms with Gasteiger partial charge in [0.2, 0.25) is 0 Å². The van der Waals surface area contributed by atoms with Crippen LogP contribution in [0.1, 0.15) is 0 Å². The number of nitrogens with two attached hydrogens (primary N) is 2. The number of aliphatic hydroxyl groups excluding tert-OH is 2. The monoisotopic (exact) mass is 294 g/mol. The van der Waals surface area contributed by atoms with Crippen LogP contribution in [0.15, 0.2) is 20.4 Å². The minimum Gasteiger partial charge on any atom is -0.479 e. The zero-order valence-corrected chi connectivity index (χ0v) is 9.86. The van der Waals surface area contributed by atoms with Crippen LogP contribution in [0.3, 0.4) is 0 Å². The lowest BCUT2D eigenvalue weighted by molar-refractivity contribution is -0.165. The van der Waals surface area contributed by atoms with Gasteiger partial charge in [-0.3, -0.25) is 0 Å². The van der Waals surface area contributed by atoms with E-state index in [0.717, 1.165) is 12.7 Å². The van der Waals surface area contributed by atoms with Crippen molar-refractivity contribution in [3.05, 3.63) is 0 Å². The van der Waals surface area contributed by atoms with Gasteiger partial charge in [-0.05, 0) is 0 Å². The molecule has 0 aliphatic heterocycles. The molecule has 10 N–H and O–H groups in total. The summed E-state index contributed by atoms with van der Waals surface area (Å²) < 4.78 is 0. The van der Waals surface area contributed by atoms with E-state index >= 15 is 0 Å². The second-order valence-electron chi connectivity index (χ2n) is 2.35. The molecule has 0 aromatic rings. The lowest BCUT2D eigenvalue weighted by Crippen LogP contribution is -2.39. The van der Waals surface area contributed by atoms with Crippen molar-refractivity contribution in [1.82, 2.24) is 0 Å². The summed E-state index contributed by atoms with van der Waals surface area (Å²) in [5.41, 5.74) is 12.0. The van der Waals surface area contributed by atoms with E-state index in [1.54, 1.807) is 0 Å². The van der Waals surface area contributed by atoms with Crippen LogP contribution in [-0.4, -0.2) is 57.2 Å².